The van der Waals surface area contributed by atoms with Gasteiger partial charge in [-0.3, -0.25) is 4.90 Å². The number of anilines is 2. The highest BCUT2D eigenvalue weighted by atomic mass is 32.2. The van der Waals surface area contributed by atoms with E-state index in [0.29, 0.717) is 10.3 Å². The van der Waals surface area contributed by atoms with E-state index in [4.69, 9.17) is 22.7 Å². The van der Waals surface area contributed by atoms with Gasteiger partial charge in [0.05, 0.1) is 6.61 Å². The summed E-state index contributed by atoms with van der Waals surface area (Å²) in [6, 6.07) is 8.40. The number of thiocarbonyl (C=S) groups is 1. The summed E-state index contributed by atoms with van der Waals surface area (Å²) >= 11 is 7.03. The molecule has 0 aromatic heterocycles. The van der Waals surface area contributed by atoms with Gasteiger partial charge in [0.1, 0.15) is 0 Å². The van der Waals surface area contributed by atoms with Crippen molar-refractivity contribution in [2.24, 2.45) is 16.6 Å². The molecule has 2 aliphatic rings. The highest BCUT2D eigenvalue weighted by Crippen LogP contribution is 2.26. The molecule has 2 fully saturated rings. The maximum atomic E-state index is 6.11. The van der Waals surface area contributed by atoms with Crippen LogP contribution in [0.5, 0.6) is 0 Å². The Balaban J connectivity index is 1.41. The molecule has 0 spiro atoms. The lowest BCUT2D eigenvalue weighted by atomic mass is 10.0. The predicted molar refractivity (Wildman–Crippen MR) is 138 cm³/mol. The van der Waals surface area contributed by atoms with Crippen molar-refractivity contribution in [2.75, 3.05) is 62.4 Å². The van der Waals surface area contributed by atoms with E-state index in [0.717, 1.165) is 56.7 Å². The van der Waals surface area contributed by atoms with Crippen LogP contribution >= 0.6 is 24.0 Å². The molecule has 8 heteroatoms. The number of hydrogen-bond acceptors (Lipinski definition) is 5. The number of nitrogens with zero attached hydrogens (tertiary/aromatic N) is 3. The SMILES string of the molecule is COCCN1CCN(c2ccc(NC(=S)/N=C(\N)SCC3CCCCCC3)cc2)CC1. The third kappa shape index (κ3) is 8.60. The molecule has 1 aromatic rings. The summed E-state index contributed by atoms with van der Waals surface area (Å²) in [4.78, 5) is 9.25. The number of aliphatic imine (C=N–C) groups is 1. The van der Waals surface area contributed by atoms with Crippen LogP contribution in [0, 0.1) is 5.92 Å². The molecular weight excluding hydrogens is 426 g/mol. The van der Waals surface area contributed by atoms with Crippen LogP contribution in [-0.4, -0.2) is 67.4 Å². The van der Waals surface area contributed by atoms with Crippen molar-refractivity contribution in [3.05, 3.63) is 24.3 Å². The van der Waals surface area contributed by atoms with E-state index in [1.807, 2.05) is 0 Å². The molecule has 31 heavy (non-hydrogen) atoms. The van der Waals surface area contributed by atoms with Gasteiger partial charge in [-0.15, -0.1) is 0 Å². The number of rotatable bonds is 7. The molecule has 0 unspecified atom stereocenters. The van der Waals surface area contributed by atoms with Gasteiger partial charge in [0.2, 0.25) is 0 Å². The molecule has 0 atom stereocenters. The molecule has 1 heterocycles. The van der Waals surface area contributed by atoms with Gasteiger partial charge in [-0.05, 0) is 55.2 Å². The minimum atomic E-state index is 0.422. The van der Waals surface area contributed by atoms with Gasteiger partial charge >= 0.3 is 0 Å². The minimum Gasteiger partial charge on any atom is -0.383 e. The number of hydrogen-bond donors (Lipinski definition) is 2. The number of nitrogens with two attached hydrogens (primary N) is 1. The van der Waals surface area contributed by atoms with Crippen LogP contribution in [0.2, 0.25) is 0 Å². The van der Waals surface area contributed by atoms with Crippen LogP contribution in [0.15, 0.2) is 29.3 Å². The number of benzene rings is 1. The van der Waals surface area contributed by atoms with Crippen molar-refractivity contribution < 1.29 is 4.74 Å². The average Bonchev–Trinajstić information content (AvgIpc) is 3.06. The summed E-state index contributed by atoms with van der Waals surface area (Å²) in [5.41, 5.74) is 8.30. The van der Waals surface area contributed by atoms with Gasteiger partial charge in [0.25, 0.3) is 0 Å². The Kier molecular flexibility index (Phi) is 10.4. The molecule has 0 radical (unpaired) electrons. The fraction of sp³-hybridized carbons (Fsp3) is 0.652. The lowest BCUT2D eigenvalue weighted by Gasteiger charge is -2.36. The first kappa shape index (κ1) is 24.3. The van der Waals surface area contributed by atoms with Crippen LogP contribution < -0.4 is 16.0 Å². The number of piperazine rings is 1. The Labute approximate surface area is 197 Å². The molecule has 3 N–H and O–H groups in total. The van der Waals surface area contributed by atoms with E-state index in [9.17, 15) is 0 Å². The van der Waals surface area contributed by atoms with Crippen molar-refractivity contribution in [3.63, 3.8) is 0 Å². The molecular formula is C23H37N5OS2. The molecule has 1 saturated heterocycles. The van der Waals surface area contributed by atoms with Crippen molar-refractivity contribution >= 4 is 45.6 Å². The summed E-state index contributed by atoms with van der Waals surface area (Å²) < 4.78 is 5.18. The van der Waals surface area contributed by atoms with Crippen LogP contribution in [-0.2, 0) is 4.74 Å². The Hall–Kier alpha value is -1.35. The number of thioether (sulfide) groups is 1. The van der Waals surface area contributed by atoms with Gasteiger partial charge in [0.15, 0.2) is 10.3 Å². The summed E-state index contributed by atoms with van der Waals surface area (Å²) in [5, 5.41) is 4.17. The zero-order valence-electron chi connectivity index (χ0n) is 18.7. The summed E-state index contributed by atoms with van der Waals surface area (Å²) in [6.45, 7) is 6.02. The minimum absolute atomic E-state index is 0.422. The second-order valence-corrected chi connectivity index (χ2v) is 9.84. The van der Waals surface area contributed by atoms with Crippen LogP contribution in [0.25, 0.3) is 0 Å². The molecule has 1 aromatic carbocycles. The zero-order chi connectivity index (χ0) is 21.9. The van der Waals surface area contributed by atoms with E-state index in [1.165, 1.54) is 44.2 Å². The van der Waals surface area contributed by atoms with Crippen LogP contribution in [0.1, 0.15) is 38.5 Å². The second-order valence-electron chi connectivity index (χ2n) is 8.42. The third-order valence-electron chi connectivity index (χ3n) is 6.12. The largest absolute Gasteiger partial charge is 0.383 e. The molecule has 1 aliphatic heterocycles. The number of ether oxygens (including phenoxy) is 1. The lowest BCUT2D eigenvalue weighted by Crippen LogP contribution is -2.47. The highest BCUT2D eigenvalue weighted by Gasteiger charge is 2.17. The van der Waals surface area contributed by atoms with Crippen LogP contribution in [0.3, 0.4) is 0 Å². The Morgan fingerprint density at radius 2 is 1.81 bits per heavy atom. The van der Waals surface area contributed by atoms with Crippen molar-refractivity contribution in [3.8, 4) is 0 Å². The van der Waals surface area contributed by atoms with Gasteiger partial charge in [-0.25, -0.2) is 0 Å². The predicted octanol–water partition coefficient (Wildman–Crippen LogP) is 4.17. The number of amidine groups is 1. The first-order valence-corrected chi connectivity index (χ1v) is 12.9. The smallest absolute Gasteiger partial charge is 0.199 e. The molecule has 0 amide bonds. The number of methoxy groups -OCH3 is 1. The lowest BCUT2D eigenvalue weighted by molar-refractivity contribution is 0.144. The van der Waals surface area contributed by atoms with Crippen LogP contribution in [0.4, 0.5) is 11.4 Å². The Bertz CT molecular complexity index is 696. The first-order chi connectivity index (χ1) is 15.1. The topological polar surface area (TPSA) is 66.1 Å². The second kappa shape index (κ2) is 13.3. The zero-order valence-corrected chi connectivity index (χ0v) is 20.4. The van der Waals surface area contributed by atoms with Gasteiger partial charge in [0, 0.05) is 57.0 Å². The average molecular weight is 464 g/mol. The third-order valence-corrected chi connectivity index (χ3v) is 7.34. The summed E-state index contributed by atoms with van der Waals surface area (Å²) in [5.74, 6) is 1.81. The molecule has 0 bridgehead atoms. The quantitative estimate of drug-likeness (QED) is 0.272. The van der Waals surface area contributed by atoms with Gasteiger partial charge in [-0.1, -0.05) is 37.4 Å². The fourth-order valence-electron chi connectivity index (χ4n) is 4.22. The van der Waals surface area contributed by atoms with Gasteiger partial charge in [-0.2, -0.15) is 4.99 Å². The van der Waals surface area contributed by atoms with E-state index < -0.39 is 0 Å². The van der Waals surface area contributed by atoms with Crippen molar-refractivity contribution in [2.45, 2.75) is 38.5 Å². The van der Waals surface area contributed by atoms with E-state index in [-0.39, 0.29) is 0 Å². The fourth-order valence-corrected chi connectivity index (χ4v) is 5.39. The number of nitrogens with one attached hydrogen (secondary N) is 1. The highest BCUT2D eigenvalue weighted by molar-refractivity contribution is 8.13. The first-order valence-electron chi connectivity index (χ1n) is 11.5. The van der Waals surface area contributed by atoms with Gasteiger partial charge < -0.3 is 20.7 Å². The molecule has 172 valence electrons. The maximum absolute atomic E-state index is 6.11. The monoisotopic (exact) mass is 463 g/mol. The van der Waals surface area contributed by atoms with Crippen molar-refractivity contribution in [1.82, 2.24) is 4.90 Å². The Morgan fingerprint density at radius 1 is 1.13 bits per heavy atom. The van der Waals surface area contributed by atoms with E-state index >= 15 is 0 Å². The normalized spacial score (nSPS) is 19.3. The Morgan fingerprint density at radius 3 is 2.45 bits per heavy atom. The summed E-state index contributed by atoms with van der Waals surface area (Å²) in [7, 11) is 1.76. The molecule has 6 nitrogen and oxygen atoms in total. The standard InChI is InChI=1S/C23H37N5OS2/c1-29-17-16-27-12-14-28(15-13-27)21-10-8-20(9-11-21)25-23(30)26-22(24)31-18-19-6-4-2-3-5-7-19/h8-11,19H,2-7,12-18H2,1H3,(H3,24,25,26,30). The molecule has 1 aliphatic carbocycles. The maximum Gasteiger partial charge on any atom is 0.199 e. The molecule has 3 rings (SSSR count). The van der Waals surface area contributed by atoms with Crippen molar-refractivity contribution in [1.29, 1.82) is 0 Å². The summed E-state index contributed by atoms with van der Waals surface area (Å²) in [6.07, 6.45) is 8.09. The van der Waals surface area contributed by atoms with E-state index in [1.54, 1.807) is 18.9 Å². The molecule has 1 saturated carbocycles. The van der Waals surface area contributed by atoms with E-state index in [2.05, 4.69) is 44.4 Å².